The zero-order chi connectivity index (χ0) is 18.4. The second-order valence-electron chi connectivity index (χ2n) is 5.69. The fraction of sp³-hybridized carbons (Fsp3) is 0.150. The summed E-state index contributed by atoms with van der Waals surface area (Å²) in [7, 11) is 0. The van der Waals surface area contributed by atoms with Crippen molar-refractivity contribution in [2.24, 2.45) is 5.10 Å². The predicted molar refractivity (Wildman–Crippen MR) is 109 cm³/mol. The summed E-state index contributed by atoms with van der Waals surface area (Å²) < 4.78 is 0. The molecule has 3 aromatic rings. The fourth-order valence-corrected chi connectivity index (χ4v) is 3.14. The van der Waals surface area contributed by atoms with Crippen LogP contribution in [0.15, 0.2) is 65.1 Å². The highest BCUT2D eigenvalue weighted by atomic mass is 32.1. The Morgan fingerprint density at radius 3 is 2.50 bits per heavy atom. The van der Waals surface area contributed by atoms with Crippen molar-refractivity contribution in [3.05, 3.63) is 65.5 Å². The Bertz CT molecular complexity index is 901. The van der Waals surface area contributed by atoms with E-state index in [-0.39, 0.29) is 5.91 Å². The number of benzene rings is 2. The SMILES string of the molecule is CC/C(=N\Nc1nc(-c2ccc(NC(C)=O)cc2)cs1)c1ccccc1. The van der Waals surface area contributed by atoms with Gasteiger partial charge in [-0.3, -0.25) is 10.2 Å². The Morgan fingerprint density at radius 1 is 1.12 bits per heavy atom. The molecule has 3 rings (SSSR count). The van der Waals surface area contributed by atoms with Crippen molar-refractivity contribution in [2.45, 2.75) is 20.3 Å². The molecule has 1 aromatic heterocycles. The molecule has 0 radical (unpaired) electrons. The largest absolute Gasteiger partial charge is 0.326 e. The van der Waals surface area contributed by atoms with Gasteiger partial charge in [0.15, 0.2) is 0 Å². The number of carbonyl (C=O) groups excluding carboxylic acids is 1. The molecule has 0 spiro atoms. The third kappa shape index (κ3) is 4.55. The number of aromatic nitrogens is 1. The average molecular weight is 364 g/mol. The lowest BCUT2D eigenvalue weighted by Gasteiger charge is -2.04. The Morgan fingerprint density at radius 2 is 1.85 bits per heavy atom. The van der Waals surface area contributed by atoms with Gasteiger partial charge in [-0.15, -0.1) is 11.3 Å². The maximum atomic E-state index is 11.1. The van der Waals surface area contributed by atoms with Gasteiger partial charge in [0.1, 0.15) is 0 Å². The second kappa shape index (κ2) is 8.40. The lowest BCUT2D eigenvalue weighted by molar-refractivity contribution is -0.114. The number of nitrogens with zero attached hydrogens (tertiary/aromatic N) is 2. The van der Waals surface area contributed by atoms with Gasteiger partial charge in [-0.1, -0.05) is 49.4 Å². The van der Waals surface area contributed by atoms with Gasteiger partial charge in [-0.05, 0) is 24.1 Å². The van der Waals surface area contributed by atoms with Crippen molar-refractivity contribution in [3.63, 3.8) is 0 Å². The van der Waals surface area contributed by atoms with Crippen LogP contribution in [-0.2, 0) is 4.79 Å². The zero-order valence-corrected chi connectivity index (χ0v) is 15.5. The van der Waals surface area contributed by atoms with E-state index in [1.54, 1.807) is 0 Å². The van der Waals surface area contributed by atoms with E-state index in [1.165, 1.54) is 18.3 Å². The van der Waals surface area contributed by atoms with E-state index in [9.17, 15) is 4.79 Å². The highest BCUT2D eigenvalue weighted by Gasteiger charge is 2.06. The van der Waals surface area contributed by atoms with Gasteiger partial charge >= 0.3 is 0 Å². The lowest BCUT2D eigenvalue weighted by atomic mass is 10.1. The number of hydrazone groups is 1. The van der Waals surface area contributed by atoms with Gasteiger partial charge in [0.05, 0.1) is 11.4 Å². The molecule has 0 aliphatic carbocycles. The summed E-state index contributed by atoms with van der Waals surface area (Å²) in [5, 5.41) is 9.99. The monoisotopic (exact) mass is 364 g/mol. The Hall–Kier alpha value is -2.99. The zero-order valence-electron chi connectivity index (χ0n) is 14.7. The summed E-state index contributed by atoms with van der Waals surface area (Å²) in [4.78, 5) is 15.7. The first-order valence-electron chi connectivity index (χ1n) is 8.37. The number of nitrogens with one attached hydrogen (secondary N) is 2. The first-order chi connectivity index (χ1) is 12.7. The minimum atomic E-state index is -0.0825. The van der Waals surface area contributed by atoms with Crippen LogP contribution < -0.4 is 10.7 Å². The molecule has 0 aliphatic rings. The van der Waals surface area contributed by atoms with Crippen LogP contribution in [0.3, 0.4) is 0 Å². The van der Waals surface area contributed by atoms with Gasteiger partial charge in [0.25, 0.3) is 0 Å². The van der Waals surface area contributed by atoms with Crippen LogP contribution in [0.1, 0.15) is 25.8 Å². The number of thiazole rings is 1. The van der Waals surface area contributed by atoms with E-state index in [0.717, 1.165) is 39.8 Å². The molecule has 0 bridgehead atoms. The number of amides is 1. The molecule has 0 fully saturated rings. The maximum absolute atomic E-state index is 11.1. The Balaban J connectivity index is 1.71. The van der Waals surface area contributed by atoms with Gasteiger partial charge < -0.3 is 5.32 Å². The number of hydrogen-bond donors (Lipinski definition) is 2. The fourth-order valence-electron chi connectivity index (χ4n) is 2.48. The molecule has 0 atom stereocenters. The third-order valence-electron chi connectivity index (χ3n) is 3.73. The van der Waals surface area contributed by atoms with Crippen molar-refractivity contribution in [1.29, 1.82) is 0 Å². The lowest BCUT2D eigenvalue weighted by Crippen LogP contribution is -2.05. The molecule has 0 saturated carbocycles. The van der Waals surface area contributed by atoms with E-state index in [2.05, 4.69) is 27.8 Å². The molecular weight excluding hydrogens is 344 g/mol. The topological polar surface area (TPSA) is 66.4 Å². The molecule has 26 heavy (non-hydrogen) atoms. The molecule has 2 N–H and O–H groups in total. The number of anilines is 2. The summed E-state index contributed by atoms with van der Waals surface area (Å²) in [6, 6.07) is 17.7. The van der Waals surface area contributed by atoms with Gasteiger partial charge in [-0.2, -0.15) is 5.10 Å². The van der Waals surface area contributed by atoms with Crippen LogP contribution in [-0.4, -0.2) is 16.6 Å². The molecule has 132 valence electrons. The number of carbonyl (C=O) groups is 1. The highest BCUT2D eigenvalue weighted by Crippen LogP contribution is 2.26. The molecule has 0 saturated heterocycles. The molecule has 0 unspecified atom stereocenters. The van der Waals surface area contributed by atoms with E-state index in [1.807, 2.05) is 60.0 Å². The standard InChI is InChI=1S/C20H20N4OS/c1-3-18(15-7-5-4-6-8-15)23-24-20-22-19(13-26-20)16-9-11-17(12-10-16)21-14(2)25/h4-13H,3H2,1-2H3,(H,21,25)(H,22,24)/b23-18+. The van der Waals surface area contributed by atoms with Crippen molar-refractivity contribution in [1.82, 2.24) is 4.98 Å². The van der Waals surface area contributed by atoms with Crippen molar-refractivity contribution in [3.8, 4) is 11.3 Å². The highest BCUT2D eigenvalue weighted by molar-refractivity contribution is 7.14. The van der Waals surface area contributed by atoms with Crippen LogP contribution in [0.25, 0.3) is 11.3 Å². The summed E-state index contributed by atoms with van der Waals surface area (Å²) in [6.07, 6.45) is 0.833. The van der Waals surface area contributed by atoms with E-state index < -0.39 is 0 Å². The van der Waals surface area contributed by atoms with E-state index in [0.29, 0.717) is 0 Å². The van der Waals surface area contributed by atoms with Gasteiger partial charge in [-0.25, -0.2) is 4.98 Å². The molecular formula is C20H20N4OS. The van der Waals surface area contributed by atoms with Crippen LogP contribution in [0.2, 0.25) is 0 Å². The first-order valence-corrected chi connectivity index (χ1v) is 9.25. The molecule has 1 heterocycles. The molecule has 1 amide bonds. The minimum Gasteiger partial charge on any atom is -0.326 e. The van der Waals surface area contributed by atoms with Crippen molar-refractivity contribution < 1.29 is 4.79 Å². The van der Waals surface area contributed by atoms with Crippen LogP contribution in [0.5, 0.6) is 0 Å². The number of rotatable bonds is 6. The first kappa shape index (κ1) is 17.8. The van der Waals surface area contributed by atoms with Crippen LogP contribution in [0, 0.1) is 0 Å². The normalized spacial score (nSPS) is 11.2. The molecule has 2 aromatic carbocycles. The van der Waals surface area contributed by atoms with Gasteiger partial charge in [0, 0.05) is 23.6 Å². The minimum absolute atomic E-state index is 0.0825. The third-order valence-corrected chi connectivity index (χ3v) is 4.48. The average Bonchev–Trinajstić information content (AvgIpc) is 3.12. The summed E-state index contributed by atoms with van der Waals surface area (Å²) in [6.45, 7) is 3.57. The summed E-state index contributed by atoms with van der Waals surface area (Å²) in [5.41, 5.74) is 7.79. The van der Waals surface area contributed by atoms with E-state index in [4.69, 9.17) is 0 Å². The van der Waals surface area contributed by atoms with Crippen LogP contribution in [0.4, 0.5) is 10.8 Å². The van der Waals surface area contributed by atoms with Crippen LogP contribution >= 0.6 is 11.3 Å². The Labute approximate surface area is 156 Å². The molecule has 5 nitrogen and oxygen atoms in total. The Kier molecular flexibility index (Phi) is 5.76. The van der Waals surface area contributed by atoms with Gasteiger partial charge in [0.2, 0.25) is 11.0 Å². The summed E-state index contributed by atoms with van der Waals surface area (Å²) >= 11 is 1.51. The summed E-state index contributed by atoms with van der Waals surface area (Å²) in [5.74, 6) is -0.0825. The predicted octanol–water partition coefficient (Wildman–Crippen LogP) is 4.99. The quantitative estimate of drug-likeness (QED) is 0.478. The second-order valence-corrected chi connectivity index (χ2v) is 6.54. The molecule has 6 heteroatoms. The maximum Gasteiger partial charge on any atom is 0.221 e. The van der Waals surface area contributed by atoms with Crippen molar-refractivity contribution >= 4 is 33.8 Å². The number of hydrogen-bond acceptors (Lipinski definition) is 5. The van der Waals surface area contributed by atoms with Crippen molar-refractivity contribution in [2.75, 3.05) is 10.7 Å². The van der Waals surface area contributed by atoms with E-state index >= 15 is 0 Å². The smallest absolute Gasteiger partial charge is 0.221 e. The molecule has 0 aliphatic heterocycles.